The third kappa shape index (κ3) is 3.45. The number of fused-ring (bicyclic) bond motifs is 1. The topological polar surface area (TPSA) is 26.3 Å². The number of hydrogen-bond acceptors (Lipinski definition) is 2. The summed E-state index contributed by atoms with van der Waals surface area (Å²) in [4.78, 5) is 12.3. The average molecular weight is 375 g/mol. The Morgan fingerprint density at radius 3 is 2.61 bits per heavy atom. The van der Waals surface area contributed by atoms with Gasteiger partial charge in [-0.05, 0) is 61.9 Å². The zero-order valence-electron chi connectivity index (χ0n) is 13.9. The van der Waals surface area contributed by atoms with Gasteiger partial charge in [0.2, 0.25) is 0 Å². The molecule has 2 atom stereocenters. The first kappa shape index (κ1) is 16.5. The molecule has 2 aliphatic rings. The molecule has 0 N–H and O–H groups in total. The van der Waals surface area contributed by atoms with Crippen molar-refractivity contribution in [1.29, 1.82) is 0 Å². The van der Waals surface area contributed by atoms with Crippen molar-refractivity contribution in [2.45, 2.75) is 46.1 Å². The Balaban J connectivity index is 1.77. The van der Waals surface area contributed by atoms with Crippen molar-refractivity contribution in [3.8, 4) is 0 Å². The van der Waals surface area contributed by atoms with Crippen molar-refractivity contribution in [2.75, 3.05) is 0 Å². The van der Waals surface area contributed by atoms with Crippen LogP contribution in [0.2, 0.25) is 0 Å². The SMILES string of the molecule is CC1=CCC(C)(C)C2=C[C@H](OC(=O)c3ccc(Br)cc3)CC[C@H]12. The fourth-order valence-electron chi connectivity index (χ4n) is 3.62. The van der Waals surface area contributed by atoms with Crippen molar-refractivity contribution in [2.24, 2.45) is 11.3 Å². The van der Waals surface area contributed by atoms with Crippen LogP contribution in [0.1, 0.15) is 50.4 Å². The van der Waals surface area contributed by atoms with E-state index in [1.807, 2.05) is 12.1 Å². The van der Waals surface area contributed by atoms with Gasteiger partial charge in [0.15, 0.2) is 0 Å². The number of allylic oxidation sites excluding steroid dienone is 3. The number of carbonyl (C=O) groups is 1. The molecule has 1 aromatic carbocycles. The van der Waals surface area contributed by atoms with E-state index in [9.17, 15) is 4.79 Å². The minimum atomic E-state index is -0.237. The second kappa shape index (κ2) is 6.27. The number of benzene rings is 1. The third-order valence-electron chi connectivity index (χ3n) is 5.08. The lowest BCUT2D eigenvalue weighted by molar-refractivity contribution is 0.0351. The van der Waals surface area contributed by atoms with Gasteiger partial charge in [-0.15, -0.1) is 0 Å². The van der Waals surface area contributed by atoms with Crippen LogP contribution in [0, 0.1) is 11.3 Å². The van der Waals surface area contributed by atoms with Crippen molar-refractivity contribution in [1.82, 2.24) is 0 Å². The van der Waals surface area contributed by atoms with Gasteiger partial charge in [0.25, 0.3) is 0 Å². The highest BCUT2D eigenvalue weighted by Crippen LogP contribution is 2.47. The van der Waals surface area contributed by atoms with Gasteiger partial charge < -0.3 is 4.74 Å². The molecular formula is C20H23BrO2. The summed E-state index contributed by atoms with van der Waals surface area (Å²) in [5, 5.41) is 0. The van der Waals surface area contributed by atoms with E-state index in [0.29, 0.717) is 11.5 Å². The molecule has 1 aromatic rings. The Labute approximate surface area is 146 Å². The molecule has 122 valence electrons. The van der Waals surface area contributed by atoms with Crippen LogP contribution in [-0.2, 0) is 4.74 Å². The average Bonchev–Trinajstić information content (AvgIpc) is 2.52. The molecule has 0 bridgehead atoms. The molecule has 0 saturated heterocycles. The largest absolute Gasteiger partial charge is 0.455 e. The summed E-state index contributed by atoms with van der Waals surface area (Å²) in [5.74, 6) is 0.292. The van der Waals surface area contributed by atoms with E-state index in [4.69, 9.17) is 4.74 Å². The highest BCUT2D eigenvalue weighted by molar-refractivity contribution is 9.10. The molecule has 3 heteroatoms. The molecule has 2 aliphatic carbocycles. The molecule has 0 amide bonds. The fourth-order valence-corrected chi connectivity index (χ4v) is 3.88. The van der Waals surface area contributed by atoms with E-state index < -0.39 is 0 Å². The van der Waals surface area contributed by atoms with Crippen LogP contribution in [-0.4, -0.2) is 12.1 Å². The van der Waals surface area contributed by atoms with E-state index >= 15 is 0 Å². The summed E-state index contributed by atoms with van der Waals surface area (Å²) in [6.45, 7) is 6.79. The quantitative estimate of drug-likeness (QED) is 0.491. The highest BCUT2D eigenvalue weighted by Gasteiger charge is 2.37. The molecular weight excluding hydrogens is 352 g/mol. The van der Waals surface area contributed by atoms with E-state index in [1.165, 1.54) is 11.1 Å². The third-order valence-corrected chi connectivity index (χ3v) is 5.61. The van der Waals surface area contributed by atoms with Crippen LogP contribution in [0.15, 0.2) is 52.0 Å². The zero-order valence-corrected chi connectivity index (χ0v) is 15.5. The summed E-state index contributed by atoms with van der Waals surface area (Å²) in [7, 11) is 0. The standard InChI is InChI=1S/C20H23BrO2/c1-13-10-11-20(2,3)18-12-16(8-9-17(13)18)23-19(22)14-4-6-15(21)7-5-14/h4-7,10,12,16-17H,8-9,11H2,1-3H3/t16-,17-/m1/s1. The van der Waals surface area contributed by atoms with Crippen LogP contribution in [0.3, 0.4) is 0 Å². The molecule has 0 radical (unpaired) electrons. The Morgan fingerprint density at radius 2 is 1.91 bits per heavy atom. The van der Waals surface area contributed by atoms with Gasteiger partial charge in [0.1, 0.15) is 6.10 Å². The van der Waals surface area contributed by atoms with Crippen LogP contribution >= 0.6 is 15.9 Å². The smallest absolute Gasteiger partial charge is 0.338 e. The number of esters is 1. The molecule has 0 saturated carbocycles. The minimum Gasteiger partial charge on any atom is -0.455 e. The van der Waals surface area contributed by atoms with Gasteiger partial charge in [-0.2, -0.15) is 0 Å². The molecule has 23 heavy (non-hydrogen) atoms. The molecule has 2 nitrogen and oxygen atoms in total. The second-order valence-electron chi connectivity index (χ2n) is 7.24. The van der Waals surface area contributed by atoms with Crippen molar-refractivity contribution >= 4 is 21.9 Å². The molecule has 0 spiro atoms. The lowest BCUT2D eigenvalue weighted by Gasteiger charge is -2.41. The monoisotopic (exact) mass is 374 g/mol. The van der Waals surface area contributed by atoms with Gasteiger partial charge >= 0.3 is 5.97 Å². The van der Waals surface area contributed by atoms with Crippen LogP contribution in [0.5, 0.6) is 0 Å². The van der Waals surface area contributed by atoms with Crippen LogP contribution < -0.4 is 0 Å². The summed E-state index contributed by atoms with van der Waals surface area (Å²) >= 11 is 3.38. The molecule has 0 unspecified atom stereocenters. The minimum absolute atomic E-state index is 0.109. The normalized spacial score (nSPS) is 25.9. The maximum absolute atomic E-state index is 12.3. The first-order valence-corrected chi connectivity index (χ1v) is 9.01. The van der Waals surface area contributed by atoms with Gasteiger partial charge in [-0.3, -0.25) is 0 Å². The van der Waals surface area contributed by atoms with Crippen molar-refractivity contribution in [3.05, 3.63) is 57.6 Å². The van der Waals surface area contributed by atoms with Gasteiger partial charge in [0, 0.05) is 10.4 Å². The van der Waals surface area contributed by atoms with Crippen LogP contribution in [0.4, 0.5) is 0 Å². The number of hydrogen-bond donors (Lipinski definition) is 0. The molecule has 3 rings (SSSR count). The predicted molar refractivity (Wildman–Crippen MR) is 96.3 cm³/mol. The zero-order chi connectivity index (χ0) is 16.6. The van der Waals surface area contributed by atoms with E-state index in [2.05, 4.69) is 48.9 Å². The Kier molecular flexibility index (Phi) is 4.50. The van der Waals surface area contributed by atoms with E-state index in [-0.39, 0.29) is 17.5 Å². The maximum Gasteiger partial charge on any atom is 0.338 e. The van der Waals surface area contributed by atoms with Crippen molar-refractivity contribution in [3.63, 3.8) is 0 Å². The number of ether oxygens (including phenoxy) is 1. The van der Waals surface area contributed by atoms with Crippen molar-refractivity contribution < 1.29 is 9.53 Å². The maximum atomic E-state index is 12.3. The van der Waals surface area contributed by atoms with Gasteiger partial charge in [-0.1, -0.05) is 47.0 Å². The first-order valence-electron chi connectivity index (χ1n) is 8.22. The fraction of sp³-hybridized carbons (Fsp3) is 0.450. The Hall–Kier alpha value is -1.35. The van der Waals surface area contributed by atoms with Gasteiger partial charge in [0.05, 0.1) is 5.56 Å². The number of rotatable bonds is 2. The molecule has 0 aliphatic heterocycles. The lowest BCUT2D eigenvalue weighted by atomic mass is 9.65. The van der Waals surface area contributed by atoms with Crippen LogP contribution in [0.25, 0.3) is 0 Å². The first-order chi connectivity index (χ1) is 10.9. The summed E-state index contributed by atoms with van der Waals surface area (Å²) in [5.41, 5.74) is 3.67. The Morgan fingerprint density at radius 1 is 1.22 bits per heavy atom. The van der Waals surface area contributed by atoms with Gasteiger partial charge in [-0.25, -0.2) is 4.79 Å². The predicted octanol–water partition coefficient (Wildman–Crippen LogP) is 5.69. The highest BCUT2D eigenvalue weighted by atomic mass is 79.9. The summed E-state index contributed by atoms with van der Waals surface area (Å²) < 4.78 is 6.71. The second-order valence-corrected chi connectivity index (χ2v) is 8.15. The lowest BCUT2D eigenvalue weighted by Crippen LogP contribution is -2.32. The summed E-state index contributed by atoms with van der Waals surface area (Å²) in [6.07, 6.45) is 7.50. The Bertz CT molecular complexity index is 667. The number of halogens is 1. The molecule has 0 fully saturated rings. The number of carbonyl (C=O) groups excluding carboxylic acids is 1. The van der Waals surface area contributed by atoms with E-state index in [1.54, 1.807) is 12.1 Å². The molecule has 0 aromatic heterocycles. The summed E-state index contributed by atoms with van der Waals surface area (Å²) in [6, 6.07) is 7.32. The molecule has 0 heterocycles. The van der Waals surface area contributed by atoms with E-state index in [0.717, 1.165) is 23.7 Å².